The molecular formula is C29H36F2N6O. The number of fused-ring (bicyclic) bond motifs is 1. The topological polar surface area (TPSA) is 66.4 Å². The Balaban J connectivity index is 1.45. The van der Waals surface area contributed by atoms with Gasteiger partial charge in [0, 0.05) is 17.3 Å². The third-order valence-electron chi connectivity index (χ3n) is 7.46. The summed E-state index contributed by atoms with van der Waals surface area (Å²) in [6.45, 7) is 11.5. The molecule has 0 unspecified atom stereocenters. The molecule has 0 amide bonds. The Bertz CT molecular complexity index is 1310. The van der Waals surface area contributed by atoms with Crippen molar-refractivity contribution in [2.45, 2.75) is 58.4 Å². The van der Waals surface area contributed by atoms with Gasteiger partial charge in [-0.3, -0.25) is 0 Å². The predicted octanol–water partition coefficient (Wildman–Crippen LogP) is 6.10. The van der Waals surface area contributed by atoms with E-state index in [4.69, 9.17) is 9.72 Å². The van der Waals surface area contributed by atoms with Crippen LogP contribution in [-0.4, -0.2) is 59.2 Å². The average Bonchev–Trinajstić information content (AvgIpc) is 2.90. The molecule has 202 valence electrons. The lowest BCUT2D eigenvalue weighted by atomic mass is 9.86. The second-order valence-electron chi connectivity index (χ2n) is 10.9. The van der Waals surface area contributed by atoms with Crippen molar-refractivity contribution in [3.05, 3.63) is 53.4 Å². The molecule has 38 heavy (non-hydrogen) atoms. The summed E-state index contributed by atoms with van der Waals surface area (Å²) in [4.78, 5) is 17.9. The van der Waals surface area contributed by atoms with Crippen LogP contribution < -0.4 is 15.0 Å². The number of piperidine rings is 1. The molecule has 5 rings (SSSR count). The van der Waals surface area contributed by atoms with Gasteiger partial charge in [0.25, 0.3) is 0 Å². The molecule has 2 aliphatic heterocycles. The highest BCUT2D eigenvalue weighted by Crippen LogP contribution is 2.39. The van der Waals surface area contributed by atoms with Crippen LogP contribution in [0.1, 0.15) is 63.6 Å². The van der Waals surface area contributed by atoms with E-state index in [1.807, 2.05) is 24.8 Å². The molecule has 0 aliphatic carbocycles. The van der Waals surface area contributed by atoms with Gasteiger partial charge in [-0.15, -0.1) is 0 Å². The normalized spacial score (nSPS) is 16.6. The second-order valence-corrected chi connectivity index (χ2v) is 10.9. The lowest BCUT2D eigenvalue weighted by molar-refractivity contribution is 0.254. The summed E-state index contributed by atoms with van der Waals surface area (Å²) in [5.41, 5.74) is 3.29. The average molecular weight is 523 g/mol. The summed E-state index contributed by atoms with van der Waals surface area (Å²) in [5.74, 6) is 0.563. The van der Waals surface area contributed by atoms with E-state index in [2.05, 4.69) is 47.1 Å². The molecule has 1 saturated heterocycles. The van der Waals surface area contributed by atoms with Crippen molar-refractivity contribution in [2.24, 2.45) is 0 Å². The van der Waals surface area contributed by atoms with Crippen molar-refractivity contribution in [2.75, 3.05) is 43.5 Å². The van der Waals surface area contributed by atoms with Crippen molar-refractivity contribution in [1.29, 1.82) is 0 Å². The first-order chi connectivity index (χ1) is 18.2. The molecule has 1 fully saturated rings. The number of benzene rings is 1. The minimum Gasteiger partial charge on any atom is -0.486 e. The fourth-order valence-electron chi connectivity index (χ4n) is 5.40. The first kappa shape index (κ1) is 26.3. The highest BCUT2D eigenvalue weighted by atomic mass is 19.1. The highest BCUT2D eigenvalue weighted by molar-refractivity contribution is 5.73. The fraction of sp³-hybridized carbons (Fsp3) is 0.483. The van der Waals surface area contributed by atoms with Crippen LogP contribution in [-0.2, 0) is 0 Å². The predicted molar refractivity (Wildman–Crippen MR) is 146 cm³/mol. The van der Waals surface area contributed by atoms with Crippen molar-refractivity contribution in [1.82, 2.24) is 19.9 Å². The largest absolute Gasteiger partial charge is 0.486 e. The van der Waals surface area contributed by atoms with Crippen LogP contribution in [0.2, 0.25) is 0 Å². The second kappa shape index (κ2) is 10.8. The molecular weight excluding hydrogens is 486 g/mol. The number of pyridine rings is 1. The standard InChI is InChI=1S/C29H36F2N6O/c1-17(2)26-21(19-8-10-36(5)11-9-19)6-7-25(33-26)34-29-32-16-23(31)27(35-29)20-14-22(30)28-24(15-20)37(18(3)4)12-13-38-28/h6-7,14-19H,8-13H2,1-5H3,(H,32,33,34,35). The summed E-state index contributed by atoms with van der Waals surface area (Å²) < 4.78 is 35.5. The first-order valence-corrected chi connectivity index (χ1v) is 13.4. The lowest BCUT2D eigenvalue weighted by Gasteiger charge is -2.34. The summed E-state index contributed by atoms with van der Waals surface area (Å²) in [7, 11) is 2.16. The van der Waals surface area contributed by atoms with E-state index < -0.39 is 11.6 Å². The Morgan fingerprint density at radius 3 is 2.47 bits per heavy atom. The molecule has 4 heterocycles. The van der Waals surface area contributed by atoms with Gasteiger partial charge in [0.05, 0.1) is 18.4 Å². The number of hydrogen-bond donors (Lipinski definition) is 1. The number of nitrogens with zero attached hydrogens (tertiary/aromatic N) is 5. The van der Waals surface area contributed by atoms with Gasteiger partial charge in [0.1, 0.15) is 18.1 Å². The van der Waals surface area contributed by atoms with E-state index >= 15 is 4.39 Å². The number of rotatable bonds is 6. The van der Waals surface area contributed by atoms with Gasteiger partial charge in [-0.2, -0.15) is 0 Å². The van der Waals surface area contributed by atoms with Crippen LogP contribution in [0.3, 0.4) is 0 Å². The molecule has 0 saturated carbocycles. The van der Waals surface area contributed by atoms with Gasteiger partial charge in [0.15, 0.2) is 17.4 Å². The molecule has 0 spiro atoms. The van der Waals surface area contributed by atoms with E-state index in [1.54, 1.807) is 6.07 Å². The van der Waals surface area contributed by atoms with Crippen molar-refractivity contribution < 1.29 is 13.5 Å². The number of halogens is 2. The summed E-state index contributed by atoms with van der Waals surface area (Å²) >= 11 is 0. The molecule has 7 nitrogen and oxygen atoms in total. The third kappa shape index (κ3) is 5.29. The van der Waals surface area contributed by atoms with Gasteiger partial charge < -0.3 is 19.9 Å². The van der Waals surface area contributed by atoms with Gasteiger partial charge in [-0.1, -0.05) is 19.9 Å². The van der Waals surface area contributed by atoms with Crippen LogP contribution in [0.4, 0.5) is 26.2 Å². The zero-order chi connectivity index (χ0) is 27.0. The Morgan fingerprint density at radius 1 is 1.00 bits per heavy atom. The van der Waals surface area contributed by atoms with Crippen molar-refractivity contribution in [3.63, 3.8) is 0 Å². The highest BCUT2D eigenvalue weighted by Gasteiger charge is 2.26. The Labute approximate surface area is 223 Å². The van der Waals surface area contributed by atoms with Gasteiger partial charge in [-0.05, 0) is 82.4 Å². The van der Waals surface area contributed by atoms with Gasteiger partial charge in [-0.25, -0.2) is 23.7 Å². The van der Waals surface area contributed by atoms with Crippen LogP contribution >= 0.6 is 0 Å². The van der Waals surface area contributed by atoms with E-state index in [-0.39, 0.29) is 29.4 Å². The Morgan fingerprint density at radius 2 is 1.76 bits per heavy atom. The molecule has 1 aromatic carbocycles. The number of hydrogen-bond acceptors (Lipinski definition) is 7. The number of nitrogens with one attached hydrogen (secondary N) is 1. The van der Waals surface area contributed by atoms with Crippen LogP contribution in [0.5, 0.6) is 5.75 Å². The van der Waals surface area contributed by atoms with E-state index in [9.17, 15) is 4.39 Å². The maximum Gasteiger partial charge on any atom is 0.229 e. The van der Waals surface area contributed by atoms with Gasteiger partial charge in [0.2, 0.25) is 5.95 Å². The quantitative estimate of drug-likeness (QED) is 0.420. The number of anilines is 3. The number of likely N-dealkylation sites (tertiary alicyclic amines) is 1. The Hall–Kier alpha value is -3.33. The maximum atomic E-state index is 15.0. The third-order valence-corrected chi connectivity index (χ3v) is 7.46. The molecule has 0 bridgehead atoms. The number of aromatic nitrogens is 3. The lowest BCUT2D eigenvalue weighted by Crippen LogP contribution is -2.38. The van der Waals surface area contributed by atoms with Crippen molar-refractivity contribution in [3.8, 4) is 17.0 Å². The number of ether oxygens (including phenoxy) is 1. The molecule has 2 aromatic heterocycles. The molecule has 2 aliphatic rings. The smallest absolute Gasteiger partial charge is 0.229 e. The molecule has 9 heteroatoms. The van der Waals surface area contributed by atoms with Crippen LogP contribution in [0.25, 0.3) is 11.3 Å². The van der Waals surface area contributed by atoms with Crippen LogP contribution in [0.15, 0.2) is 30.5 Å². The van der Waals surface area contributed by atoms with E-state index in [0.717, 1.165) is 37.8 Å². The Kier molecular flexibility index (Phi) is 7.47. The minimum atomic E-state index is -0.629. The summed E-state index contributed by atoms with van der Waals surface area (Å²) in [6, 6.07) is 7.22. The maximum absolute atomic E-state index is 15.0. The first-order valence-electron chi connectivity index (χ1n) is 13.4. The SMILES string of the molecule is CC(C)c1nc(Nc2ncc(F)c(-c3cc(F)c4c(c3)N(C(C)C)CCO4)n2)ccc1C1CCN(C)CC1. The molecule has 0 radical (unpaired) electrons. The zero-order valence-corrected chi connectivity index (χ0v) is 22.8. The minimum absolute atomic E-state index is 0.0190. The fourth-order valence-corrected chi connectivity index (χ4v) is 5.40. The van der Waals surface area contributed by atoms with Crippen LogP contribution in [0, 0.1) is 11.6 Å². The molecule has 0 atom stereocenters. The summed E-state index contributed by atoms with van der Waals surface area (Å²) in [6.07, 6.45) is 3.34. The van der Waals surface area contributed by atoms with Gasteiger partial charge >= 0.3 is 0 Å². The molecule has 3 aromatic rings. The summed E-state index contributed by atoms with van der Waals surface area (Å²) in [5, 5.41) is 3.14. The van der Waals surface area contributed by atoms with E-state index in [1.165, 1.54) is 11.6 Å². The van der Waals surface area contributed by atoms with E-state index in [0.29, 0.717) is 36.1 Å². The van der Waals surface area contributed by atoms with Crippen molar-refractivity contribution >= 4 is 17.5 Å². The monoisotopic (exact) mass is 522 g/mol. The molecule has 1 N–H and O–H groups in total. The zero-order valence-electron chi connectivity index (χ0n) is 22.8.